The van der Waals surface area contributed by atoms with E-state index in [-0.39, 0.29) is 23.7 Å². The lowest BCUT2D eigenvalue weighted by Crippen LogP contribution is -2.51. The summed E-state index contributed by atoms with van der Waals surface area (Å²) in [5.74, 6) is 1.37. The highest BCUT2D eigenvalue weighted by Crippen LogP contribution is 2.33. The van der Waals surface area contributed by atoms with Crippen LogP contribution in [0.5, 0.6) is 11.5 Å². The molecule has 4 atom stereocenters. The van der Waals surface area contributed by atoms with Gasteiger partial charge in [-0.1, -0.05) is 51.5 Å². The van der Waals surface area contributed by atoms with Crippen LogP contribution in [0.1, 0.15) is 77.3 Å². The monoisotopic (exact) mass is 611 g/mol. The van der Waals surface area contributed by atoms with Crippen LogP contribution in [0.3, 0.4) is 0 Å². The van der Waals surface area contributed by atoms with Gasteiger partial charge in [-0.2, -0.15) is 0 Å². The molecule has 0 bridgehead atoms. The average molecular weight is 612 g/mol. The molecule has 4 N–H and O–H groups in total. The van der Waals surface area contributed by atoms with Crippen LogP contribution in [0.15, 0.2) is 42.5 Å². The normalized spacial score (nSPS) is 16.8. The summed E-state index contributed by atoms with van der Waals surface area (Å²) in [5, 5.41) is 14.6. The van der Waals surface area contributed by atoms with Gasteiger partial charge in [-0.3, -0.25) is 4.79 Å². The number of benzene rings is 2. The molecule has 0 spiro atoms. The maximum atomic E-state index is 13.5. The van der Waals surface area contributed by atoms with Crippen LogP contribution in [-0.4, -0.2) is 63.2 Å². The first-order chi connectivity index (χ1) is 21.1. The highest BCUT2D eigenvalue weighted by Gasteiger charge is 2.35. The number of para-hydroxylation sites is 1. The van der Waals surface area contributed by atoms with E-state index in [1.165, 1.54) is 18.5 Å². The number of nitrogens with one attached hydrogen (secondary N) is 1. The van der Waals surface area contributed by atoms with Crippen molar-refractivity contribution in [3.63, 3.8) is 0 Å². The quantitative estimate of drug-likeness (QED) is 0.174. The Morgan fingerprint density at radius 2 is 1.82 bits per heavy atom. The fraction of sp³-hybridized carbons (Fsp3) is 0.639. The number of hydrogen-bond donors (Lipinski definition) is 3. The van der Waals surface area contributed by atoms with E-state index in [4.69, 9.17) is 19.9 Å². The number of ether oxygens (including phenoxy) is 3. The molecule has 3 rings (SSSR count). The zero-order chi connectivity index (χ0) is 32.1. The molecule has 246 valence electrons. The molecule has 0 aliphatic carbocycles. The Hall–Kier alpha value is -2.81. The number of nitrogens with zero attached hydrogens (tertiary/aromatic N) is 1. The topological polar surface area (TPSA) is 106 Å². The minimum Gasteiger partial charge on any atom is -0.493 e. The van der Waals surface area contributed by atoms with Gasteiger partial charge < -0.3 is 35.3 Å². The molecule has 1 heterocycles. The highest BCUT2D eigenvalue weighted by atomic mass is 16.5. The number of carbonyl (C=O) groups is 1. The Bertz CT molecular complexity index is 1150. The maximum absolute atomic E-state index is 13.5. The number of rotatable bonds is 19. The second-order valence-electron chi connectivity index (χ2n) is 13.0. The molecule has 2 aromatic carbocycles. The molecule has 0 saturated carbocycles. The number of amides is 1. The van der Waals surface area contributed by atoms with Gasteiger partial charge in [0.2, 0.25) is 5.91 Å². The van der Waals surface area contributed by atoms with Gasteiger partial charge >= 0.3 is 0 Å². The lowest BCUT2D eigenvalue weighted by atomic mass is 9.77. The van der Waals surface area contributed by atoms with Crippen LogP contribution in [0.2, 0.25) is 0 Å². The van der Waals surface area contributed by atoms with Gasteiger partial charge in [0.25, 0.3) is 0 Å². The van der Waals surface area contributed by atoms with Crippen molar-refractivity contribution in [1.29, 1.82) is 0 Å². The van der Waals surface area contributed by atoms with Gasteiger partial charge in [0.1, 0.15) is 0 Å². The van der Waals surface area contributed by atoms with Crippen molar-refractivity contribution in [3.8, 4) is 11.5 Å². The summed E-state index contributed by atoms with van der Waals surface area (Å²) in [6.07, 6.45) is 5.07. The first kappa shape index (κ1) is 35.7. The predicted molar refractivity (Wildman–Crippen MR) is 178 cm³/mol. The van der Waals surface area contributed by atoms with Crippen LogP contribution in [0, 0.1) is 17.8 Å². The molecule has 1 fully saturated rings. The Kier molecular flexibility index (Phi) is 14.3. The Morgan fingerprint density at radius 1 is 1.09 bits per heavy atom. The van der Waals surface area contributed by atoms with Gasteiger partial charge in [-0.25, -0.2) is 0 Å². The van der Waals surface area contributed by atoms with E-state index in [2.05, 4.69) is 41.4 Å². The summed E-state index contributed by atoms with van der Waals surface area (Å²) < 4.78 is 16.6. The molecular weight excluding hydrogens is 554 g/mol. The molecule has 0 aromatic heterocycles. The Morgan fingerprint density at radius 3 is 2.48 bits per heavy atom. The van der Waals surface area contributed by atoms with Crippen molar-refractivity contribution < 1.29 is 24.1 Å². The number of aliphatic hydroxyl groups excluding tert-OH is 1. The molecule has 8 heteroatoms. The third-order valence-electron chi connectivity index (χ3n) is 9.08. The van der Waals surface area contributed by atoms with Crippen molar-refractivity contribution >= 4 is 11.6 Å². The van der Waals surface area contributed by atoms with Gasteiger partial charge in [0.15, 0.2) is 11.5 Å². The molecule has 0 radical (unpaired) electrons. The zero-order valence-corrected chi connectivity index (χ0v) is 27.9. The maximum Gasteiger partial charge on any atom is 0.223 e. The third kappa shape index (κ3) is 10.4. The number of aliphatic hydroxyl groups is 1. The fourth-order valence-corrected chi connectivity index (χ4v) is 6.23. The van der Waals surface area contributed by atoms with Crippen LogP contribution in [0.4, 0.5) is 5.69 Å². The fourth-order valence-electron chi connectivity index (χ4n) is 6.23. The highest BCUT2D eigenvalue weighted by molar-refractivity contribution is 5.79. The average Bonchev–Trinajstić information content (AvgIpc) is 3.55. The lowest BCUT2D eigenvalue weighted by Gasteiger charge is -2.36. The van der Waals surface area contributed by atoms with Crippen LogP contribution >= 0.6 is 0 Å². The van der Waals surface area contributed by atoms with Gasteiger partial charge in [-0.05, 0) is 80.2 Å². The van der Waals surface area contributed by atoms with Crippen LogP contribution in [0.25, 0.3) is 0 Å². The third-order valence-corrected chi connectivity index (χ3v) is 9.08. The van der Waals surface area contributed by atoms with Gasteiger partial charge in [0.05, 0.1) is 19.8 Å². The van der Waals surface area contributed by atoms with Crippen molar-refractivity contribution in [3.05, 3.63) is 53.6 Å². The van der Waals surface area contributed by atoms with Crippen LogP contribution < -0.4 is 25.4 Å². The second-order valence-corrected chi connectivity index (χ2v) is 13.0. The van der Waals surface area contributed by atoms with E-state index < -0.39 is 11.6 Å². The Balaban J connectivity index is 1.61. The summed E-state index contributed by atoms with van der Waals surface area (Å²) in [7, 11) is 3.33. The number of nitrogens with two attached hydrogens (primary N) is 1. The molecule has 2 aromatic rings. The second kappa shape index (κ2) is 17.6. The predicted octanol–water partition coefficient (Wildman–Crippen LogP) is 5.73. The first-order valence-electron chi connectivity index (χ1n) is 16.5. The number of hydrogen-bond acceptors (Lipinski definition) is 7. The molecule has 0 unspecified atom stereocenters. The van der Waals surface area contributed by atoms with E-state index in [0.29, 0.717) is 38.3 Å². The minimum atomic E-state index is -0.845. The first-order valence-corrected chi connectivity index (χ1v) is 16.5. The van der Waals surface area contributed by atoms with Crippen molar-refractivity contribution in [1.82, 2.24) is 5.32 Å². The molecule has 44 heavy (non-hydrogen) atoms. The molecule has 8 nitrogen and oxygen atoms in total. The summed E-state index contributed by atoms with van der Waals surface area (Å²) >= 11 is 0. The van der Waals surface area contributed by atoms with E-state index in [1.54, 1.807) is 14.2 Å². The van der Waals surface area contributed by atoms with E-state index >= 15 is 0 Å². The number of methoxy groups -OCH3 is 2. The van der Waals surface area contributed by atoms with E-state index in [0.717, 1.165) is 49.2 Å². The standard InChI is InChI=1S/C36H57N3O5/c1-7-27(21-28-15-16-32(43-6)33(22-28)44-20-12-19-42-5)24-36(4,37)34(40)23-30(26(2)3)35(41)38-25-29-13-8-9-14-31(29)39-17-10-11-18-39/h8-9,13-16,22,26-27,30,34,40H,7,10-12,17-21,23-25,37H2,1-6H3,(H,38,41)/t27-,30-,34-,36-/m0/s1. The lowest BCUT2D eigenvalue weighted by molar-refractivity contribution is -0.128. The summed E-state index contributed by atoms with van der Waals surface area (Å²) in [4.78, 5) is 15.9. The molecule has 1 aliphatic heterocycles. The summed E-state index contributed by atoms with van der Waals surface area (Å²) in [6.45, 7) is 11.9. The van der Waals surface area contributed by atoms with Gasteiger partial charge in [0, 0.05) is 56.9 Å². The molecule has 1 amide bonds. The number of anilines is 1. The SMILES string of the molecule is CC[C@@H](Cc1ccc(OC)c(OCCCOC)c1)C[C@](C)(N)[C@@H](O)C[C@H](C(=O)NCc1ccccc1N1CCCC1)C(C)C. The number of carbonyl (C=O) groups excluding carboxylic acids is 1. The summed E-state index contributed by atoms with van der Waals surface area (Å²) in [6, 6.07) is 14.4. The zero-order valence-electron chi connectivity index (χ0n) is 27.9. The van der Waals surface area contributed by atoms with E-state index in [1.807, 2.05) is 39.0 Å². The molecule has 1 aliphatic rings. The van der Waals surface area contributed by atoms with Crippen molar-refractivity contribution in [2.75, 3.05) is 45.4 Å². The van der Waals surface area contributed by atoms with Gasteiger partial charge in [-0.15, -0.1) is 0 Å². The molecular formula is C36H57N3O5. The van der Waals surface area contributed by atoms with Crippen molar-refractivity contribution in [2.45, 2.75) is 90.8 Å². The molecule has 1 saturated heterocycles. The smallest absolute Gasteiger partial charge is 0.223 e. The minimum absolute atomic E-state index is 0.0330. The van der Waals surface area contributed by atoms with Crippen LogP contribution in [-0.2, 0) is 22.5 Å². The van der Waals surface area contributed by atoms with Crippen molar-refractivity contribution in [2.24, 2.45) is 23.5 Å². The largest absolute Gasteiger partial charge is 0.493 e. The Labute approximate surface area is 265 Å². The van der Waals surface area contributed by atoms with E-state index in [9.17, 15) is 9.90 Å². The summed E-state index contributed by atoms with van der Waals surface area (Å²) in [5.41, 5.74) is 9.44.